The van der Waals surface area contributed by atoms with Gasteiger partial charge in [0.25, 0.3) is 0 Å². The van der Waals surface area contributed by atoms with Crippen LogP contribution in [0.2, 0.25) is 0 Å². The van der Waals surface area contributed by atoms with E-state index in [1.807, 2.05) is 0 Å². The monoisotopic (exact) mass is 1130 g/mol. The van der Waals surface area contributed by atoms with Gasteiger partial charge < -0.3 is 18.6 Å². The second kappa shape index (κ2) is 18.2. The molecule has 0 aliphatic heterocycles. The number of furan rings is 2. The van der Waals surface area contributed by atoms with Gasteiger partial charge in [0.15, 0.2) is 0 Å². The molecule has 4 aliphatic carbocycles. The number of hydrogen-bond donors (Lipinski definition) is 0. The van der Waals surface area contributed by atoms with Crippen molar-refractivity contribution in [3.05, 3.63) is 323 Å². The zero-order chi connectivity index (χ0) is 59.0. The summed E-state index contributed by atoms with van der Waals surface area (Å²) in [5.41, 5.74) is 27.5. The molecule has 88 heavy (non-hydrogen) atoms. The zero-order valence-electron chi connectivity index (χ0n) is 50.3. The first kappa shape index (κ1) is 51.1. The van der Waals surface area contributed by atoms with Gasteiger partial charge in [-0.15, -0.1) is 0 Å². The predicted molar refractivity (Wildman–Crippen MR) is 363 cm³/mol. The molecule has 0 fully saturated rings. The van der Waals surface area contributed by atoms with Gasteiger partial charge in [-0.2, -0.15) is 0 Å². The Morgan fingerprint density at radius 3 is 0.977 bits per heavy atom. The molecule has 0 N–H and O–H groups in total. The molecule has 14 aromatic rings. The average molecular weight is 1130 g/mol. The fourth-order valence-corrected chi connectivity index (χ4v) is 17.0. The highest BCUT2D eigenvalue weighted by molar-refractivity contribution is 6.15. The Bertz CT molecular complexity index is 4800. The van der Waals surface area contributed by atoms with Crippen molar-refractivity contribution in [2.45, 2.75) is 75.0 Å². The molecule has 2 unspecified atom stereocenters. The van der Waals surface area contributed by atoms with Crippen molar-refractivity contribution in [3.63, 3.8) is 0 Å². The number of anilines is 6. The van der Waals surface area contributed by atoms with Crippen molar-refractivity contribution >= 4 is 78.0 Å². The van der Waals surface area contributed by atoms with Gasteiger partial charge in [-0.1, -0.05) is 224 Å². The number of fused-ring (bicyclic) bond motifs is 25. The summed E-state index contributed by atoms with van der Waals surface area (Å²) in [6.07, 6.45) is 0. The van der Waals surface area contributed by atoms with Gasteiger partial charge >= 0.3 is 0 Å². The predicted octanol–water partition coefficient (Wildman–Crippen LogP) is 22.5. The summed E-state index contributed by atoms with van der Waals surface area (Å²) in [6.45, 7) is 13.8. The van der Waals surface area contributed by atoms with Crippen molar-refractivity contribution in [2.24, 2.45) is 0 Å². The maximum absolute atomic E-state index is 6.69. The lowest BCUT2D eigenvalue weighted by Crippen LogP contribution is -2.34. The molecular formula is C84H64N2O2. The lowest BCUT2D eigenvalue weighted by Gasteiger charge is -2.38. The third kappa shape index (κ3) is 6.81. The number of benzene rings is 12. The van der Waals surface area contributed by atoms with E-state index < -0.39 is 10.8 Å². The molecule has 4 heteroatoms. The van der Waals surface area contributed by atoms with Crippen LogP contribution in [-0.4, -0.2) is 0 Å². The lowest BCUT2D eigenvalue weighted by atomic mass is 9.62. The minimum atomic E-state index is -0.616. The maximum Gasteiger partial charge on any atom is 0.137 e. The molecule has 0 radical (unpaired) electrons. The second-order valence-electron chi connectivity index (χ2n) is 27.1. The van der Waals surface area contributed by atoms with E-state index in [2.05, 4.69) is 318 Å². The smallest absolute Gasteiger partial charge is 0.137 e. The molecule has 0 amide bonds. The average Bonchev–Trinajstić information content (AvgIpc) is 1.47. The fourth-order valence-electron chi connectivity index (χ4n) is 17.0. The van der Waals surface area contributed by atoms with Crippen molar-refractivity contribution < 1.29 is 8.83 Å². The highest BCUT2D eigenvalue weighted by atomic mass is 16.3. The third-order valence-corrected chi connectivity index (χ3v) is 20.6. The van der Waals surface area contributed by atoms with Gasteiger partial charge in [0.2, 0.25) is 0 Å². The summed E-state index contributed by atoms with van der Waals surface area (Å²) >= 11 is 0. The van der Waals surface area contributed by atoms with E-state index in [1.165, 1.54) is 77.9 Å². The molecule has 2 heterocycles. The number of hydrogen-bond acceptors (Lipinski definition) is 4. The van der Waals surface area contributed by atoms with Crippen molar-refractivity contribution in [1.29, 1.82) is 0 Å². The van der Waals surface area contributed by atoms with Crippen LogP contribution in [0.5, 0.6) is 0 Å². The van der Waals surface area contributed by atoms with E-state index in [9.17, 15) is 0 Å². The molecule has 2 spiro atoms. The summed E-state index contributed by atoms with van der Waals surface area (Å²) in [6, 6.07) is 101. The van der Waals surface area contributed by atoms with Crippen molar-refractivity contribution in [2.75, 3.05) is 9.80 Å². The van der Waals surface area contributed by atoms with Gasteiger partial charge in [0.1, 0.15) is 22.3 Å². The topological polar surface area (TPSA) is 32.8 Å². The normalized spacial score (nSPS) is 16.2. The third-order valence-electron chi connectivity index (χ3n) is 20.6. The summed E-state index contributed by atoms with van der Waals surface area (Å²) in [4.78, 5) is 5.02. The summed E-state index contributed by atoms with van der Waals surface area (Å²) in [7, 11) is 0. The van der Waals surface area contributed by atoms with Crippen LogP contribution >= 0.6 is 0 Å². The van der Waals surface area contributed by atoms with Crippen LogP contribution < -0.4 is 9.80 Å². The van der Waals surface area contributed by atoms with Crippen LogP contribution in [0.3, 0.4) is 0 Å². The molecule has 2 aromatic heterocycles. The Hall–Kier alpha value is -10.2. The molecule has 12 aromatic carbocycles. The van der Waals surface area contributed by atoms with Crippen LogP contribution in [-0.2, 0) is 21.7 Å². The number of nitrogens with zero attached hydrogens (tertiary/aromatic N) is 2. The van der Waals surface area contributed by atoms with E-state index in [0.29, 0.717) is 0 Å². The molecule has 18 rings (SSSR count). The summed E-state index contributed by atoms with van der Waals surface area (Å²) in [5, 5.41) is 4.39. The lowest BCUT2D eigenvalue weighted by molar-refractivity contribution is 0.425. The Morgan fingerprint density at radius 2 is 0.614 bits per heavy atom. The molecule has 4 aliphatic rings. The fraction of sp³-hybridized carbons (Fsp3) is 0.143. The molecule has 0 saturated carbocycles. The molecule has 2 atom stereocenters. The highest BCUT2D eigenvalue weighted by Gasteiger charge is 2.69. The molecule has 0 saturated heterocycles. The quantitative estimate of drug-likeness (QED) is 0.166. The van der Waals surface area contributed by atoms with Crippen LogP contribution in [0.4, 0.5) is 34.1 Å². The molecular weight excluding hydrogens is 1070 g/mol. The first-order chi connectivity index (χ1) is 42.9. The first-order valence-electron chi connectivity index (χ1n) is 31.2. The zero-order valence-corrected chi connectivity index (χ0v) is 50.3. The van der Waals surface area contributed by atoms with E-state index in [-0.39, 0.29) is 22.7 Å². The van der Waals surface area contributed by atoms with Crippen LogP contribution in [0.25, 0.3) is 66.1 Å². The Morgan fingerprint density at radius 1 is 0.295 bits per heavy atom. The van der Waals surface area contributed by atoms with Crippen LogP contribution in [0, 0.1) is 0 Å². The van der Waals surface area contributed by atoms with E-state index >= 15 is 0 Å². The highest BCUT2D eigenvalue weighted by Crippen LogP contribution is 2.78. The first-order valence-corrected chi connectivity index (χ1v) is 31.2. The molecule has 4 nitrogen and oxygen atoms in total. The van der Waals surface area contributed by atoms with E-state index in [4.69, 9.17) is 8.83 Å². The number of rotatable bonds is 6. The second-order valence-corrected chi connectivity index (χ2v) is 27.1. The van der Waals surface area contributed by atoms with Gasteiger partial charge in [-0.05, 0) is 174 Å². The Balaban J connectivity index is 0.944. The summed E-state index contributed by atoms with van der Waals surface area (Å²) in [5.74, 6) is -0.0697. The van der Waals surface area contributed by atoms with Crippen molar-refractivity contribution in [1.82, 2.24) is 0 Å². The van der Waals surface area contributed by atoms with Gasteiger partial charge in [-0.25, -0.2) is 0 Å². The van der Waals surface area contributed by atoms with Gasteiger partial charge in [0, 0.05) is 45.4 Å². The van der Waals surface area contributed by atoms with Crippen molar-refractivity contribution in [3.8, 4) is 22.3 Å². The Kier molecular flexibility index (Phi) is 10.6. The van der Waals surface area contributed by atoms with Gasteiger partial charge in [-0.3, -0.25) is 0 Å². The SMILES string of the molecule is CC(C)(C)c1ccc(N(c2ccc3c(c2)C2(c4ccccc4-c4ccccc42)C2c4ccc(N(c5ccc(C(C)(C)C)cc5)c5cccc6oc7ccccc7c56)cc4C4(c5ccccc5-c5ccccc54)C32)c2cccc3oc4ccccc4c23)cc1. The maximum atomic E-state index is 6.69. The van der Waals surface area contributed by atoms with E-state index in [1.54, 1.807) is 0 Å². The number of para-hydroxylation sites is 2. The minimum absolute atomic E-state index is 0.0195. The summed E-state index contributed by atoms with van der Waals surface area (Å²) < 4.78 is 13.4. The van der Waals surface area contributed by atoms with Gasteiger partial charge in [0.05, 0.1) is 33.0 Å². The standard InChI is InChI=1S/C84H64N2O2/c1-81(2,3)51-37-41-53(42-38-51)85(71-31-19-35-75-77(71)63-25-11-17-33-73(63)87-75)55-45-47-61-69(49-55)83(65-27-13-7-21-57(65)58-22-8-14-28-66(58)83)80-62-48-46-56(50-70(62)84(79(61)80)67-29-15-9-23-59(67)60-24-10-16-30-68(60)84)86(54-43-39-52(40-44-54)82(4,5)6)72-32-20-36-76-78(72)64-26-12-18-34-74(64)88-76/h7-50,79-80H,1-6H3. The minimum Gasteiger partial charge on any atom is -0.456 e. The van der Waals surface area contributed by atoms with E-state index in [0.717, 1.165) is 78.0 Å². The van der Waals surface area contributed by atoms with Crippen LogP contribution in [0.1, 0.15) is 109 Å². The Labute approximate surface area is 513 Å². The molecule has 0 bridgehead atoms. The largest absolute Gasteiger partial charge is 0.456 e. The molecule has 422 valence electrons. The van der Waals surface area contributed by atoms with Crippen LogP contribution in [0.15, 0.2) is 276 Å².